The van der Waals surface area contributed by atoms with Gasteiger partial charge < -0.3 is 24.6 Å². The summed E-state index contributed by atoms with van der Waals surface area (Å²) < 4.78 is 11.1. The smallest absolute Gasteiger partial charge is 0.255 e. The molecule has 34 heavy (non-hydrogen) atoms. The summed E-state index contributed by atoms with van der Waals surface area (Å²) in [6.07, 6.45) is 5.98. The Hall–Kier alpha value is -3.39. The highest BCUT2D eigenvalue weighted by molar-refractivity contribution is 5.96. The number of amides is 1. The number of carbonyl (C=O) groups is 1. The number of anilines is 1. The molecule has 2 N–H and O–H groups in total. The van der Waals surface area contributed by atoms with Crippen molar-refractivity contribution >= 4 is 11.7 Å². The average Bonchev–Trinajstić information content (AvgIpc) is 3.19. The zero-order valence-corrected chi connectivity index (χ0v) is 19.8. The fourth-order valence-electron chi connectivity index (χ4n) is 4.36. The van der Waals surface area contributed by atoms with Crippen LogP contribution in [-0.4, -0.2) is 40.3 Å². The van der Waals surface area contributed by atoms with Crippen LogP contribution in [0.5, 0.6) is 5.75 Å². The van der Waals surface area contributed by atoms with Crippen molar-refractivity contribution in [3.05, 3.63) is 70.7 Å². The van der Waals surface area contributed by atoms with Crippen molar-refractivity contribution < 1.29 is 19.2 Å². The number of ether oxygens (including phenoxy) is 1. The summed E-state index contributed by atoms with van der Waals surface area (Å²) in [4.78, 5) is 19.8. The lowest BCUT2D eigenvalue weighted by molar-refractivity contribution is 0.0946. The van der Waals surface area contributed by atoms with Gasteiger partial charge >= 0.3 is 0 Å². The molecule has 1 amide bonds. The van der Waals surface area contributed by atoms with Gasteiger partial charge in [0, 0.05) is 31.9 Å². The van der Waals surface area contributed by atoms with Gasteiger partial charge in [-0.2, -0.15) is 0 Å². The van der Waals surface area contributed by atoms with E-state index in [9.17, 15) is 9.90 Å². The van der Waals surface area contributed by atoms with E-state index in [0.717, 1.165) is 48.4 Å². The number of hydrogen-bond acceptors (Lipinski definition) is 7. The van der Waals surface area contributed by atoms with E-state index in [0.29, 0.717) is 29.7 Å². The summed E-state index contributed by atoms with van der Waals surface area (Å²) in [5, 5.41) is 16.3. The third-order valence-corrected chi connectivity index (χ3v) is 6.33. The molecule has 1 fully saturated rings. The minimum absolute atomic E-state index is 0.189. The lowest BCUT2D eigenvalue weighted by Gasteiger charge is -2.36. The SMILES string of the molecule is Cc1noc(C)c1COc1ccccc1C(=O)NCc1ccc(N2CCCC[C@H]2CCO)nc1. The predicted octanol–water partition coefficient (Wildman–Crippen LogP) is 3.94. The largest absolute Gasteiger partial charge is 0.488 e. The third-order valence-electron chi connectivity index (χ3n) is 6.33. The van der Waals surface area contributed by atoms with E-state index < -0.39 is 0 Å². The topological polar surface area (TPSA) is 101 Å². The average molecular weight is 465 g/mol. The Labute approximate surface area is 199 Å². The molecule has 0 unspecified atom stereocenters. The molecular weight excluding hydrogens is 432 g/mol. The maximum Gasteiger partial charge on any atom is 0.255 e. The second-order valence-corrected chi connectivity index (χ2v) is 8.65. The number of piperidine rings is 1. The van der Waals surface area contributed by atoms with E-state index in [4.69, 9.17) is 9.26 Å². The Bertz CT molecular complexity index is 1070. The molecule has 0 radical (unpaired) electrons. The van der Waals surface area contributed by atoms with Crippen molar-refractivity contribution in [2.45, 2.75) is 58.7 Å². The van der Waals surface area contributed by atoms with Crippen LogP contribution in [0.4, 0.5) is 5.82 Å². The number of benzene rings is 1. The van der Waals surface area contributed by atoms with Crippen LogP contribution in [0.25, 0.3) is 0 Å². The number of carbonyl (C=O) groups excluding carboxylic acids is 1. The van der Waals surface area contributed by atoms with Crippen molar-refractivity contribution in [3.8, 4) is 5.75 Å². The van der Waals surface area contributed by atoms with Crippen LogP contribution in [0.15, 0.2) is 47.1 Å². The van der Waals surface area contributed by atoms with Gasteiger partial charge in [-0.15, -0.1) is 0 Å². The molecule has 0 spiro atoms. The van der Waals surface area contributed by atoms with Crippen molar-refractivity contribution in [1.82, 2.24) is 15.5 Å². The van der Waals surface area contributed by atoms with Gasteiger partial charge in [0.25, 0.3) is 5.91 Å². The summed E-state index contributed by atoms with van der Waals surface area (Å²) in [6.45, 7) is 5.50. The normalized spacial score (nSPS) is 15.9. The summed E-state index contributed by atoms with van der Waals surface area (Å²) in [7, 11) is 0. The standard InChI is InChI=1S/C26H32N4O4/c1-18-23(19(2)34-29-18)17-33-24-9-4-3-8-22(24)26(32)28-16-20-10-11-25(27-15-20)30-13-6-5-7-21(30)12-14-31/h3-4,8-11,15,21,31H,5-7,12-14,16-17H2,1-2H3,(H,28,32)/t21-/m0/s1. The van der Waals surface area contributed by atoms with Crippen LogP contribution in [0.1, 0.15) is 58.6 Å². The molecule has 3 heterocycles. The third kappa shape index (κ3) is 5.56. The summed E-state index contributed by atoms with van der Waals surface area (Å²) >= 11 is 0. The van der Waals surface area contributed by atoms with E-state index in [1.807, 2.05) is 38.1 Å². The molecule has 0 aliphatic carbocycles. The Morgan fingerprint density at radius 3 is 2.82 bits per heavy atom. The maximum atomic E-state index is 12.9. The van der Waals surface area contributed by atoms with E-state index in [2.05, 4.69) is 20.4 Å². The summed E-state index contributed by atoms with van der Waals surface area (Å²) in [6, 6.07) is 11.5. The lowest BCUT2D eigenvalue weighted by atomic mass is 9.99. The highest BCUT2D eigenvalue weighted by Crippen LogP contribution is 2.25. The molecule has 1 atom stereocenters. The molecule has 4 rings (SSSR count). The molecule has 8 heteroatoms. The van der Waals surface area contributed by atoms with Gasteiger partial charge in [0.1, 0.15) is 23.9 Å². The van der Waals surface area contributed by atoms with Crippen molar-refractivity contribution in [1.29, 1.82) is 0 Å². The first-order valence-corrected chi connectivity index (χ1v) is 11.8. The van der Waals surface area contributed by atoms with Gasteiger partial charge in [0.15, 0.2) is 0 Å². The van der Waals surface area contributed by atoms with Crippen LogP contribution < -0.4 is 15.0 Å². The number of rotatable bonds is 9. The molecule has 2 aromatic heterocycles. The number of para-hydroxylation sites is 1. The number of aliphatic hydroxyl groups is 1. The second kappa shape index (κ2) is 11.2. The number of nitrogens with one attached hydrogen (secondary N) is 1. The molecular formula is C26H32N4O4. The van der Waals surface area contributed by atoms with Crippen molar-refractivity contribution in [2.24, 2.45) is 0 Å². The minimum atomic E-state index is -0.211. The van der Waals surface area contributed by atoms with Crippen LogP contribution in [-0.2, 0) is 13.2 Å². The quantitative estimate of drug-likeness (QED) is 0.495. The maximum absolute atomic E-state index is 12.9. The Morgan fingerprint density at radius 1 is 1.24 bits per heavy atom. The zero-order valence-electron chi connectivity index (χ0n) is 19.8. The van der Waals surface area contributed by atoms with E-state index in [1.54, 1.807) is 18.3 Å². The van der Waals surface area contributed by atoms with Gasteiger partial charge in [0.05, 0.1) is 16.8 Å². The number of hydrogen-bond donors (Lipinski definition) is 2. The van der Waals surface area contributed by atoms with Gasteiger partial charge in [0.2, 0.25) is 0 Å². The van der Waals surface area contributed by atoms with Crippen LogP contribution >= 0.6 is 0 Å². The fourth-order valence-corrected chi connectivity index (χ4v) is 4.36. The Morgan fingerprint density at radius 2 is 2.09 bits per heavy atom. The van der Waals surface area contributed by atoms with Gasteiger partial charge in [-0.25, -0.2) is 4.98 Å². The molecule has 1 aliphatic rings. The first-order chi connectivity index (χ1) is 16.6. The van der Waals surface area contributed by atoms with Crippen molar-refractivity contribution in [3.63, 3.8) is 0 Å². The van der Waals surface area contributed by atoms with Crippen molar-refractivity contribution in [2.75, 3.05) is 18.1 Å². The number of nitrogens with zero attached hydrogens (tertiary/aromatic N) is 3. The van der Waals surface area contributed by atoms with E-state index in [1.165, 1.54) is 6.42 Å². The second-order valence-electron chi connectivity index (χ2n) is 8.65. The summed E-state index contributed by atoms with van der Waals surface area (Å²) in [5.41, 5.74) is 3.06. The molecule has 8 nitrogen and oxygen atoms in total. The van der Waals surface area contributed by atoms with E-state index >= 15 is 0 Å². The van der Waals surface area contributed by atoms with Crippen LogP contribution in [0, 0.1) is 13.8 Å². The van der Waals surface area contributed by atoms with E-state index in [-0.39, 0.29) is 19.1 Å². The molecule has 3 aromatic rings. The molecule has 1 aliphatic heterocycles. The number of aliphatic hydroxyl groups excluding tert-OH is 1. The number of aromatic nitrogens is 2. The summed E-state index contributed by atoms with van der Waals surface area (Å²) in [5.74, 6) is 1.93. The first-order valence-electron chi connectivity index (χ1n) is 11.8. The Kier molecular flexibility index (Phi) is 7.80. The molecule has 180 valence electrons. The zero-order chi connectivity index (χ0) is 23.9. The fraction of sp³-hybridized carbons (Fsp3) is 0.423. The minimum Gasteiger partial charge on any atom is -0.488 e. The number of aryl methyl sites for hydroxylation is 2. The van der Waals surface area contributed by atoms with Crippen LogP contribution in [0.3, 0.4) is 0 Å². The van der Waals surface area contributed by atoms with Gasteiger partial charge in [-0.05, 0) is 63.3 Å². The molecule has 1 aromatic carbocycles. The molecule has 0 saturated carbocycles. The molecule has 1 saturated heterocycles. The highest BCUT2D eigenvalue weighted by atomic mass is 16.5. The first kappa shape index (κ1) is 23.8. The monoisotopic (exact) mass is 464 g/mol. The lowest BCUT2D eigenvalue weighted by Crippen LogP contribution is -2.40. The Balaban J connectivity index is 1.36. The predicted molar refractivity (Wildman–Crippen MR) is 129 cm³/mol. The van der Waals surface area contributed by atoms with Crippen LogP contribution in [0.2, 0.25) is 0 Å². The number of pyridine rings is 1. The molecule has 0 bridgehead atoms. The highest BCUT2D eigenvalue weighted by Gasteiger charge is 2.23. The van der Waals surface area contributed by atoms with Gasteiger partial charge in [-0.3, -0.25) is 4.79 Å². The van der Waals surface area contributed by atoms with Gasteiger partial charge in [-0.1, -0.05) is 23.4 Å².